The number of carbonyl (C=O) groups is 1. The fourth-order valence-corrected chi connectivity index (χ4v) is 5.71. The Hall–Kier alpha value is -0.0600. The molecular formula is C12H13IO2. The van der Waals surface area contributed by atoms with E-state index in [-0.39, 0.29) is 18.0 Å². The predicted molar refractivity (Wildman–Crippen MR) is 63.7 cm³/mol. The standard InChI is InChI=1S/C12H13IO2/c13-7-5-11-3-1-2-4-12(11)6-8(7)15-10(14)9(11)12/h1-2,7-9H,3-6H2/t7-,8-,9-,11-,12+/m0/s1. The Morgan fingerprint density at radius 3 is 2.67 bits per heavy atom. The minimum atomic E-state index is 0.106. The van der Waals surface area contributed by atoms with E-state index in [1.807, 2.05) is 0 Å². The van der Waals surface area contributed by atoms with Crippen molar-refractivity contribution in [1.29, 1.82) is 0 Å². The first-order chi connectivity index (χ1) is 7.20. The summed E-state index contributed by atoms with van der Waals surface area (Å²) in [4.78, 5) is 11.9. The molecule has 1 saturated heterocycles. The lowest BCUT2D eigenvalue weighted by Gasteiger charge is -2.39. The van der Waals surface area contributed by atoms with Gasteiger partial charge in [-0.3, -0.25) is 4.79 Å². The summed E-state index contributed by atoms with van der Waals surface area (Å²) in [5, 5.41) is 0. The molecule has 80 valence electrons. The van der Waals surface area contributed by atoms with E-state index in [1.54, 1.807) is 0 Å². The van der Waals surface area contributed by atoms with Gasteiger partial charge in [-0.25, -0.2) is 0 Å². The molecule has 1 spiro atoms. The van der Waals surface area contributed by atoms with Crippen molar-refractivity contribution in [3.05, 3.63) is 12.2 Å². The molecule has 0 radical (unpaired) electrons. The van der Waals surface area contributed by atoms with Crippen molar-refractivity contribution in [3.8, 4) is 0 Å². The van der Waals surface area contributed by atoms with E-state index in [2.05, 4.69) is 34.7 Å². The van der Waals surface area contributed by atoms with Gasteiger partial charge in [0.1, 0.15) is 6.10 Å². The van der Waals surface area contributed by atoms with Gasteiger partial charge in [-0.2, -0.15) is 0 Å². The predicted octanol–water partition coefficient (Wildman–Crippen LogP) is 2.46. The summed E-state index contributed by atoms with van der Waals surface area (Å²) in [5.74, 6) is 0.338. The second kappa shape index (κ2) is 2.44. The van der Waals surface area contributed by atoms with E-state index in [4.69, 9.17) is 4.74 Å². The van der Waals surface area contributed by atoms with Gasteiger partial charge in [-0.1, -0.05) is 34.7 Å². The van der Waals surface area contributed by atoms with Crippen molar-refractivity contribution >= 4 is 28.6 Å². The SMILES string of the molecule is O=C1O[C@H]2C[C@@]34CC=CC[C@]3(C[C@@H]2I)[C@H]14. The quantitative estimate of drug-likeness (QED) is 0.297. The Labute approximate surface area is 103 Å². The first-order valence-corrected chi connectivity index (χ1v) is 6.94. The van der Waals surface area contributed by atoms with Crippen LogP contribution in [0.1, 0.15) is 25.7 Å². The molecule has 2 bridgehead atoms. The summed E-state index contributed by atoms with van der Waals surface area (Å²) in [7, 11) is 0. The highest BCUT2D eigenvalue weighted by molar-refractivity contribution is 14.1. The number of esters is 1. The lowest BCUT2D eigenvalue weighted by molar-refractivity contribution is -0.157. The second-order valence-electron chi connectivity index (χ2n) is 5.52. The van der Waals surface area contributed by atoms with Gasteiger partial charge >= 0.3 is 5.97 Å². The molecule has 2 nitrogen and oxygen atoms in total. The van der Waals surface area contributed by atoms with Gasteiger partial charge in [-0.05, 0) is 36.5 Å². The lowest BCUT2D eigenvalue weighted by Crippen LogP contribution is -2.40. The highest BCUT2D eigenvalue weighted by atomic mass is 127. The fraction of sp³-hybridized carbons (Fsp3) is 0.750. The molecule has 0 N–H and O–H groups in total. The summed E-state index contributed by atoms with van der Waals surface area (Å²) in [6.07, 6.45) is 9.31. The van der Waals surface area contributed by atoms with Crippen molar-refractivity contribution in [2.24, 2.45) is 16.7 Å². The van der Waals surface area contributed by atoms with Crippen LogP contribution in [0.4, 0.5) is 0 Å². The zero-order chi connectivity index (χ0) is 10.3. The molecule has 4 rings (SSSR count). The summed E-state index contributed by atoms with van der Waals surface area (Å²) in [6.45, 7) is 0. The first kappa shape index (κ1) is 9.02. The van der Waals surface area contributed by atoms with Crippen LogP contribution in [0.5, 0.6) is 0 Å². The van der Waals surface area contributed by atoms with Crippen LogP contribution in [-0.4, -0.2) is 16.0 Å². The van der Waals surface area contributed by atoms with E-state index in [0.29, 0.717) is 14.8 Å². The van der Waals surface area contributed by atoms with Gasteiger partial charge in [-0.15, -0.1) is 0 Å². The molecule has 0 amide bonds. The second-order valence-corrected chi connectivity index (χ2v) is 7.12. The molecule has 15 heavy (non-hydrogen) atoms. The summed E-state index contributed by atoms with van der Waals surface area (Å²) in [6, 6.07) is 0. The van der Waals surface area contributed by atoms with Crippen LogP contribution in [-0.2, 0) is 9.53 Å². The summed E-state index contributed by atoms with van der Waals surface area (Å²) >= 11 is 2.48. The smallest absolute Gasteiger partial charge is 0.310 e. The Morgan fingerprint density at radius 2 is 1.93 bits per heavy atom. The molecule has 0 aromatic carbocycles. The maximum absolute atomic E-state index is 11.9. The number of hydrogen-bond acceptors (Lipinski definition) is 2. The molecule has 2 saturated carbocycles. The number of allylic oxidation sites excluding steroid dienone is 2. The number of fused-ring (bicyclic) bond motifs is 1. The highest BCUT2D eigenvalue weighted by Crippen LogP contribution is 2.82. The van der Waals surface area contributed by atoms with E-state index in [1.165, 1.54) is 6.42 Å². The Kier molecular flexibility index (Phi) is 1.47. The van der Waals surface area contributed by atoms with Gasteiger partial charge < -0.3 is 4.74 Å². The van der Waals surface area contributed by atoms with Gasteiger partial charge in [0, 0.05) is 3.92 Å². The first-order valence-electron chi connectivity index (χ1n) is 5.69. The van der Waals surface area contributed by atoms with Gasteiger partial charge in [0.2, 0.25) is 0 Å². The molecule has 3 aliphatic carbocycles. The normalized spacial score (nSPS) is 59.5. The zero-order valence-electron chi connectivity index (χ0n) is 8.41. The van der Waals surface area contributed by atoms with Crippen molar-refractivity contribution in [1.82, 2.24) is 0 Å². The van der Waals surface area contributed by atoms with E-state index >= 15 is 0 Å². The largest absolute Gasteiger partial charge is 0.461 e. The highest BCUT2D eigenvalue weighted by Gasteiger charge is 2.83. The van der Waals surface area contributed by atoms with Gasteiger partial charge in [0.25, 0.3) is 0 Å². The van der Waals surface area contributed by atoms with E-state index < -0.39 is 0 Å². The number of hydrogen-bond donors (Lipinski definition) is 0. The van der Waals surface area contributed by atoms with Crippen LogP contribution in [0.25, 0.3) is 0 Å². The molecule has 0 unspecified atom stereocenters. The van der Waals surface area contributed by atoms with Crippen LogP contribution in [0.3, 0.4) is 0 Å². The monoisotopic (exact) mass is 316 g/mol. The number of ether oxygens (including phenoxy) is 1. The maximum Gasteiger partial charge on any atom is 0.310 e. The third-order valence-corrected chi connectivity index (χ3v) is 6.42. The Balaban J connectivity index is 1.87. The van der Waals surface area contributed by atoms with Crippen molar-refractivity contribution in [3.63, 3.8) is 0 Å². The molecule has 0 aromatic rings. The zero-order valence-corrected chi connectivity index (χ0v) is 10.6. The van der Waals surface area contributed by atoms with E-state index in [9.17, 15) is 4.79 Å². The van der Waals surface area contributed by atoms with Crippen LogP contribution >= 0.6 is 22.6 Å². The molecule has 5 atom stereocenters. The van der Waals surface area contributed by atoms with Crippen molar-refractivity contribution < 1.29 is 9.53 Å². The minimum absolute atomic E-state index is 0.106. The molecule has 4 aliphatic rings. The van der Waals surface area contributed by atoms with Gasteiger partial charge in [0.05, 0.1) is 5.92 Å². The minimum Gasteiger partial charge on any atom is -0.461 e. The number of rotatable bonds is 0. The molecule has 3 fully saturated rings. The lowest BCUT2D eigenvalue weighted by atomic mass is 9.72. The summed E-state index contributed by atoms with van der Waals surface area (Å²) < 4.78 is 6.09. The van der Waals surface area contributed by atoms with Crippen LogP contribution in [0, 0.1) is 16.7 Å². The van der Waals surface area contributed by atoms with Gasteiger partial charge in [0.15, 0.2) is 0 Å². The van der Waals surface area contributed by atoms with Crippen molar-refractivity contribution in [2.75, 3.05) is 0 Å². The third kappa shape index (κ3) is 0.797. The van der Waals surface area contributed by atoms with Crippen LogP contribution in [0.15, 0.2) is 12.2 Å². The maximum atomic E-state index is 11.9. The summed E-state index contributed by atoms with van der Waals surface area (Å²) in [5.41, 5.74) is 0.626. The van der Waals surface area contributed by atoms with Crippen molar-refractivity contribution in [2.45, 2.75) is 35.7 Å². The third-order valence-electron chi connectivity index (χ3n) is 5.18. The topological polar surface area (TPSA) is 26.3 Å². The Morgan fingerprint density at radius 1 is 1.27 bits per heavy atom. The number of carbonyl (C=O) groups excluding carboxylic acids is 1. The molecular weight excluding hydrogens is 303 g/mol. The molecule has 0 aromatic heterocycles. The molecule has 1 heterocycles. The number of halogens is 1. The number of alkyl halides is 1. The van der Waals surface area contributed by atoms with E-state index in [0.717, 1.165) is 19.3 Å². The average Bonchev–Trinajstić information content (AvgIpc) is 2.83. The Bertz CT molecular complexity index is 391. The fourth-order valence-electron chi connectivity index (χ4n) is 4.53. The molecule has 1 aliphatic heterocycles. The molecule has 3 heteroatoms. The van der Waals surface area contributed by atoms with Crippen LogP contribution < -0.4 is 0 Å². The van der Waals surface area contributed by atoms with Crippen LogP contribution in [0.2, 0.25) is 0 Å². The average molecular weight is 316 g/mol.